The number of carboxylic acids is 1. The number of amides is 2. The summed E-state index contributed by atoms with van der Waals surface area (Å²) in [4.78, 5) is 24.0. The summed E-state index contributed by atoms with van der Waals surface area (Å²) in [6.45, 7) is 5.46. The van der Waals surface area contributed by atoms with Crippen LogP contribution in [-0.2, 0) is 14.3 Å². The third-order valence-corrected chi connectivity index (χ3v) is 2.62. The van der Waals surface area contributed by atoms with Crippen LogP contribution in [0.2, 0.25) is 0 Å². The number of carbonyl (C=O) groups is 2. The van der Waals surface area contributed by atoms with Gasteiger partial charge in [0, 0.05) is 19.7 Å². The van der Waals surface area contributed by atoms with Crippen molar-refractivity contribution in [3.63, 3.8) is 0 Å². The molecule has 1 fully saturated rings. The molecule has 1 saturated heterocycles. The molecule has 0 radical (unpaired) electrons. The molecule has 0 aromatic carbocycles. The number of aliphatic carboxylic acids is 1. The van der Waals surface area contributed by atoms with Gasteiger partial charge in [-0.25, -0.2) is 9.59 Å². The highest BCUT2D eigenvalue weighted by Crippen LogP contribution is 2.05. The zero-order chi connectivity index (χ0) is 13.5. The predicted molar refractivity (Wildman–Crippen MR) is 63.4 cm³/mol. The van der Waals surface area contributed by atoms with Crippen molar-refractivity contribution in [1.82, 2.24) is 10.2 Å². The minimum absolute atomic E-state index is 0.0599. The van der Waals surface area contributed by atoms with Gasteiger partial charge in [0.1, 0.15) is 0 Å². The van der Waals surface area contributed by atoms with E-state index in [0.717, 1.165) is 0 Å². The van der Waals surface area contributed by atoms with Gasteiger partial charge >= 0.3 is 12.0 Å². The van der Waals surface area contributed by atoms with Crippen molar-refractivity contribution >= 4 is 12.0 Å². The molecule has 1 aliphatic heterocycles. The first-order valence-electron chi connectivity index (χ1n) is 6.03. The predicted octanol–water partition coefficient (Wildman–Crippen LogP) is -0.0936. The fraction of sp³-hybridized carbons (Fsp3) is 0.818. The summed E-state index contributed by atoms with van der Waals surface area (Å²) >= 11 is 0. The molecule has 0 aliphatic carbocycles. The highest BCUT2D eigenvalue weighted by atomic mass is 16.5. The topological polar surface area (TPSA) is 88.1 Å². The van der Waals surface area contributed by atoms with Crippen molar-refractivity contribution in [2.24, 2.45) is 0 Å². The second kappa shape index (κ2) is 7.17. The third kappa shape index (κ3) is 4.50. The van der Waals surface area contributed by atoms with Crippen LogP contribution in [-0.4, -0.2) is 67.1 Å². The maximum atomic E-state index is 11.8. The summed E-state index contributed by atoms with van der Waals surface area (Å²) in [7, 11) is 0. The lowest BCUT2D eigenvalue weighted by Crippen LogP contribution is -2.52. The van der Waals surface area contributed by atoms with Crippen molar-refractivity contribution < 1.29 is 24.2 Å². The monoisotopic (exact) mass is 260 g/mol. The van der Waals surface area contributed by atoms with Crippen LogP contribution in [0.4, 0.5) is 4.79 Å². The number of morpholine rings is 1. The Kier molecular flexibility index (Phi) is 5.87. The largest absolute Gasteiger partial charge is 0.479 e. The van der Waals surface area contributed by atoms with E-state index in [2.05, 4.69) is 5.32 Å². The second-order valence-corrected chi connectivity index (χ2v) is 4.10. The van der Waals surface area contributed by atoms with Gasteiger partial charge in [-0.3, -0.25) is 0 Å². The Bertz CT molecular complexity index is 297. The van der Waals surface area contributed by atoms with E-state index in [1.807, 2.05) is 13.8 Å². The highest BCUT2D eigenvalue weighted by Gasteiger charge is 2.28. The van der Waals surface area contributed by atoms with Gasteiger partial charge in [-0.1, -0.05) is 0 Å². The lowest BCUT2D eigenvalue weighted by Gasteiger charge is -2.31. The van der Waals surface area contributed by atoms with Crippen molar-refractivity contribution in [2.45, 2.75) is 26.1 Å². The molecule has 1 heterocycles. The molecule has 104 valence electrons. The molecule has 0 aromatic heterocycles. The maximum absolute atomic E-state index is 11.8. The molecule has 18 heavy (non-hydrogen) atoms. The van der Waals surface area contributed by atoms with Gasteiger partial charge in [-0.15, -0.1) is 0 Å². The second-order valence-electron chi connectivity index (χ2n) is 4.10. The smallest absolute Gasteiger partial charge is 0.334 e. The van der Waals surface area contributed by atoms with Crippen LogP contribution >= 0.6 is 0 Å². The number of urea groups is 1. The van der Waals surface area contributed by atoms with Crippen LogP contribution < -0.4 is 5.32 Å². The average Bonchev–Trinajstić information content (AvgIpc) is 2.36. The normalized spacial score (nSPS) is 21.4. The molecule has 0 spiro atoms. The number of nitrogens with zero attached hydrogens (tertiary/aromatic N) is 1. The maximum Gasteiger partial charge on any atom is 0.334 e. The molecule has 2 unspecified atom stereocenters. The molecular formula is C11H20N2O5. The minimum atomic E-state index is -1.05. The Labute approximate surface area is 106 Å². The molecule has 2 amide bonds. The summed E-state index contributed by atoms with van der Waals surface area (Å²) in [5.41, 5.74) is 0. The molecular weight excluding hydrogens is 240 g/mol. The lowest BCUT2D eigenvalue weighted by molar-refractivity contribution is -0.154. The van der Waals surface area contributed by atoms with Crippen molar-refractivity contribution in [2.75, 3.05) is 32.8 Å². The van der Waals surface area contributed by atoms with E-state index < -0.39 is 12.1 Å². The van der Waals surface area contributed by atoms with Gasteiger partial charge in [0.2, 0.25) is 0 Å². The number of hydrogen-bond donors (Lipinski definition) is 2. The van der Waals surface area contributed by atoms with Crippen LogP contribution in [0, 0.1) is 0 Å². The fourth-order valence-corrected chi connectivity index (χ4v) is 1.67. The van der Waals surface area contributed by atoms with Gasteiger partial charge in [0.15, 0.2) is 6.10 Å². The first-order chi connectivity index (χ1) is 8.54. The molecule has 2 atom stereocenters. The fourth-order valence-electron chi connectivity index (χ4n) is 1.67. The molecule has 7 heteroatoms. The number of rotatable bonds is 5. The summed E-state index contributed by atoms with van der Waals surface area (Å²) in [5.74, 6) is -1.05. The quantitative estimate of drug-likeness (QED) is 0.721. The van der Waals surface area contributed by atoms with E-state index in [4.69, 9.17) is 14.6 Å². The standard InChI is InChI=1S/C11H20N2O5/c1-3-17-8(2)6-12-11(16)13-4-5-18-9(7-13)10(14)15/h8-9H,3-7H2,1-2H3,(H,12,16)(H,14,15). The Hall–Kier alpha value is -1.34. The van der Waals surface area contributed by atoms with Crippen LogP contribution in [0.3, 0.4) is 0 Å². The average molecular weight is 260 g/mol. The van der Waals surface area contributed by atoms with E-state index >= 15 is 0 Å². The van der Waals surface area contributed by atoms with Gasteiger partial charge in [0.25, 0.3) is 0 Å². The Morgan fingerprint density at radius 2 is 2.33 bits per heavy atom. The van der Waals surface area contributed by atoms with Gasteiger partial charge in [0.05, 0.1) is 19.3 Å². The van der Waals surface area contributed by atoms with E-state index in [1.54, 1.807) is 0 Å². The molecule has 0 saturated carbocycles. The minimum Gasteiger partial charge on any atom is -0.479 e. The van der Waals surface area contributed by atoms with E-state index in [9.17, 15) is 9.59 Å². The number of nitrogens with one attached hydrogen (secondary N) is 1. The summed E-state index contributed by atoms with van der Waals surface area (Å²) in [6, 6.07) is -0.281. The molecule has 0 aromatic rings. The van der Waals surface area contributed by atoms with Gasteiger partial charge in [-0.2, -0.15) is 0 Å². The highest BCUT2D eigenvalue weighted by molar-refractivity contribution is 5.77. The van der Waals surface area contributed by atoms with Gasteiger partial charge < -0.3 is 24.8 Å². The number of carbonyl (C=O) groups excluding carboxylic acids is 1. The Balaban J connectivity index is 2.34. The van der Waals surface area contributed by atoms with E-state index in [-0.39, 0.29) is 25.3 Å². The lowest BCUT2D eigenvalue weighted by atomic mass is 10.3. The van der Waals surface area contributed by atoms with E-state index in [0.29, 0.717) is 19.7 Å². The van der Waals surface area contributed by atoms with Crippen LogP contribution in [0.25, 0.3) is 0 Å². The van der Waals surface area contributed by atoms with Crippen LogP contribution in [0.5, 0.6) is 0 Å². The number of carboxylic acid groups (broad SMARTS) is 1. The zero-order valence-electron chi connectivity index (χ0n) is 10.7. The van der Waals surface area contributed by atoms with Crippen LogP contribution in [0.15, 0.2) is 0 Å². The SMILES string of the molecule is CCOC(C)CNC(=O)N1CCOC(C(=O)O)C1. The first kappa shape index (κ1) is 14.7. The molecule has 7 nitrogen and oxygen atoms in total. The van der Waals surface area contributed by atoms with Crippen molar-refractivity contribution in [3.05, 3.63) is 0 Å². The van der Waals surface area contributed by atoms with Crippen LogP contribution in [0.1, 0.15) is 13.8 Å². The van der Waals surface area contributed by atoms with Gasteiger partial charge in [-0.05, 0) is 13.8 Å². The first-order valence-corrected chi connectivity index (χ1v) is 6.03. The van der Waals surface area contributed by atoms with Crippen molar-refractivity contribution in [3.8, 4) is 0 Å². The molecule has 2 N–H and O–H groups in total. The Morgan fingerprint density at radius 3 is 2.94 bits per heavy atom. The summed E-state index contributed by atoms with van der Waals surface area (Å²) < 4.78 is 10.3. The molecule has 0 bridgehead atoms. The molecule has 1 aliphatic rings. The summed E-state index contributed by atoms with van der Waals surface area (Å²) in [6.07, 6.45) is -0.996. The number of ether oxygens (including phenoxy) is 2. The third-order valence-electron chi connectivity index (χ3n) is 2.62. The Morgan fingerprint density at radius 1 is 1.61 bits per heavy atom. The molecule has 1 rings (SSSR count). The zero-order valence-corrected chi connectivity index (χ0v) is 10.7. The van der Waals surface area contributed by atoms with Crippen molar-refractivity contribution in [1.29, 1.82) is 0 Å². The van der Waals surface area contributed by atoms with E-state index in [1.165, 1.54) is 4.90 Å². The number of hydrogen-bond acceptors (Lipinski definition) is 4. The summed E-state index contributed by atoms with van der Waals surface area (Å²) in [5, 5.41) is 11.5.